The summed E-state index contributed by atoms with van der Waals surface area (Å²) in [6.45, 7) is 2.31. The van der Waals surface area contributed by atoms with Gasteiger partial charge in [-0.3, -0.25) is 9.78 Å². The number of benzene rings is 1. The average Bonchev–Trinajstić information content (AvgIpc) is 2.63. The Balaban J connectivity index is 2.61. The largest absolute Gasteiger partial charge is 0.496 e. The Bertz CT molecular complexity index is 802. The number of carbonyl (C=O) groups excluding carboxylic acids is 1. The molecule has 6 N–H and O–H groups in total. The van der Waals surface area contributed by atoms with Crippen LogP contribution in [0.2, 0.25) is 0 Å². The van der Waals surface area contributed by atoms with Crippen LogP contribution in [-0.4, -0.2) is 31.6 Å². The van der Waals surface area contributed by atoms with Gasteiger partial charge in [-0.1, -0.05) is 18.2 Å². The van der Waals surface area contributed by atoms with Crippen molar-refractivity contribution in [2.45, 2.75) is 6.92 Å². The van der Waals surface area contributed by atoms with E-state index in [0.29, 0.717) is 29.2 Å². The topological polar surface area (TPSA) is 115 Å². The first-order valence-corrected chi connectivity index (χ1v) is 7.88. The summed E-state index contributed by atoms with van der Waals surface area (Å²) in [6, 6.07) is 7.28. The van der Waals surface area contributed by atoms with Crippen LogP contribution in [0.15, 0.2) is 42.4 Å². The van der Waals surface area contributed by atoms with Crippen LogP contribution in [0.1, 0.15) is 12.5 Å². The molecule has 2 aromatic rings. The minimum atomic E-state index is -0.351. The summed E-state index contributed by atoms with van der Waals surface area (Å²) in [5.74, 6) is 0.307. The summed E-state index contributed by atoms with van der Waals surface area (Å²) in [7, 11) is 3.28. The van der Waals surface area contributed by atoms with E-state index in [0.717, 1.165) is 11.1 Å². The number of anilines is 1. The van der Waals surface area contributed by atoms with Crippen LogP contribution in [0.25, 0.3) is 16.8 Å². The maximum absolute atomic E-state index is 12.1. The molecule has 0 saturated heterocycles. The van der Waals surface area contributed by atoms with E-state index in [1.807, 2.05) is 19.1 Å². The van der Waals surface area contributed by atoms with Crippen molar-refractivity contribution in [3.05, 3.63) is 47.9 Å². The molecule has 0 radical (unpaired) electrons. The zero-order valence-electron chi connectivity index (χ0n) is 14.6. The third kappa shape index (κ3) is 3.65. The number of nitrogens with one attached hydrogen (secondary N) is 2. The number of rotatable bonds is 6. The first kappa shape index (κ1) is 18.1. The Morgan fingerprint density at radius 1 is 1.28 bits per heavy atom. The molecule has 132 valence electrons. The number of aromatic nitrogens is 1. The van der Waals surface area contributed by atoms with Crippen molar-refractivity contribution in [3.63, 3.8) is 0 Å². The van der Waals surface area contributed by atoms with Crippen LogP contribution in [-0.2, 0) is 4.79 Å². The molecule has 0 aliphatic carbocycles. The summed E-state index contributed by atoms with van der Waals surface area (Å²) in [6.07, 6.45) is 3.33. The van der Waals surface area contributed by atoms with Gasteiger partial charge in [0.25, 0.3) is 5.91 Å². The van der Waals surface area contributed by atoms with Gasteiger partial charge in [-0.25, -0.2) is 0 Å². The number of pyridine rings is 1. The highest BCUT2D eigenvalue weighted by Crippen LogP contribution is 2.36. The van der Waals surface area contributed by atoms with E-state index in [9.17, 15) is 4.79 Å². The van der Waals surface area contributed by atoms with Gasteiger partial charge in [0.1, 0.15) is 11.4 Å². The van der Waals surface area contributed by atoms with Gasteiger partial charge in [0, 0.05) is 48.4 Å². The zero-order valence-corrected chi connectivity index (χ0v) is 14.6. The first-order chi connectivity index (χ1) is 12.0. The molecule has 2 rings (SSSR count). The van der Waals surface area contributed by atoms with E-state index in [1.54, 1.807) is 38.7 Å². The van der Waals surface area contributed by atoms with Crippen molar-refractivity contribution in [2.75, 3.05) is 26.4 Å². The SMILES string of the molecule is CCNC(=O)/C(N)=C(\NC)c1cccc(-c2cnccc2OC)c1N. The van der Waals surface area contributed by atoms with Crippen molar-refractivity contribution in [2.24, 2.45) is 5.73 Å². The van der Waals surface area contributed by atoms with E-state index in [1.165, 1.54) is 0 Å². The lowest BCUT2D eigenvalue weighted by Gasteiger charge is -2.17. The lowest BCUT2D eigenvalue weighted by molar-refractivity contribution is -0.117. The van der Waals surface area contributed by atoms with E-state index >= 15 is 0 Å². The molecule has 25 heavy (non-hydrogen) atoms. The third-order valence-corrected chi connectivity index (χ3v) is 3.77. The summed E-state index contributed by atoms with van der Waals surface area (Å²) in [4.78, 5) is 16.2. The van der Waals surface area contributed by atoms with Crippen LogP contribution in [0.3, 0.4) is 0 Å². The van der Waals surface area contributed by atoms with Gasteiger partial charge in [0.2, 0.25) is 0 Å². The standard InChI is InChI=1S/C18H23N5O2/c1-4-23-18(24)16(20)17(21-2)12-7-5-6-11(15(12)19)13-10-22-9-8-14(13)25-3/h5-10,21H,4,19-20H2,1-3H3,(H,23,24)/b17-16+. The number of nitrogens with zero attached hydrogens (tertiary/aromatic N) is 1. The molecule has 7 heteroatoms. The molecule has 0 atom stereocenters. The number of nitrogen functional groups attached to an aromatic ring is 1. The number of hydrogen-bond acceptors (Lipinski definition) is 6. The van der Waals surface area contributed by atoms with Crippen molar-refractivity contribution >= 4 is 17.3 Å². The minimum absolute atomic E-state index is 0.0753. The normalized spacial score (nSPS) is 11.5. The highest BCUT2D eigenvalue weighted by Gasteiger charge is 2.18. The summed E-state index contributed by atoms with van der Waals surface area (Å²) >= 11 is 0. The first-order valence-electron chi connectivity index (χ1n) is 7.88. The van der Waals surface area contributed by atoms with Gasteiger partial charge < -0.3 is 26.8 Å². The Hall–Kier alpha value is -3.22. The number of para-hydroxylation sites is 1. The molecule has 0 aliphatic rings. The second-order valence-corrected chi connectivity index (χ2v) is 5.24. The van der Waals surface area contributed by atoms with Crippen molar-refractivity contribution in [3.8, 4) is 16.9 Å². The van der Waals surface area contributed by atoms with Gasteiger partial charge >= 0.3 is 0 Å². The molecule has 0 fully saturated rings. The predicted octanol–water partition coefficient (Wildman–Crippen LogP) is 1.32. The lowest BCUT2D eigenvalue weighted by Crippen LogP contribution is -2.31. The number of carbonyl (C=O) groups is 1. The fourth-order valence-corrected chi connectivity index (χ4v) is 2.56. The Kier molecular flexibility index (Phi) is 5.84. The fourth-order valence-electron chi connectivity index (χ4n) is 2.56. The molecular formula is C18H23N5O2. The second-order valence-electron chi connectivity index (χ2n) is 5.24. The Morgan fingerprint density at radius 3 is 2.68 bits per heavy atom. The Morgan fingerprint density at radius 2 is 2.04 bits per heavy atom. The van der Waals surface area contributed by atoms with Crippen LogP contribution in [0.4, 0.5) is 5.69 Å². The average molecular weight is 341 g/mol. The Labute approximate surface area is 147 Å². The van der Waals surface area contributed by atoms with E-state index < -0.39 is 0 Å². The van der Waals surface area contributed by atoms with Gasteiger partial charge in [-0.15, -0.1) is 0 Å². The van der Waals surface area contributed by atoms with Crippen molar-refractivity contribution in [1.82, 2.24) is 15.6 Å². The highest BCUT2D eigenvalue weighted by molar-refractivity contribution is 6.02. The van der Waals surface area contributed by atoms with Crippen molar-refractivity contribution < 1.29 is 9.53 Å². The molecule has 1 amide bonds. The zero-order chi connectivity index (χ0) is 18.4. The van der Waals surface area contributed by atoms with Gasteiger partial charge in [-0.05, 0) is 13.0 Å². The quantitative estimate of drug-likeness (QED) is 0.465. The molecule has 0 spiro atoms. The van der Waals surface area contributed by atoms with Crippen LogP contribution >= 0.6 is 0 Å². The molecule has 1 aromatic carbocycles. The molecule has 1 aromatic heterocycles. The van der Waals surface area contributed by atoms with Gasteiger partial charge in [0.05, 0.1) is 12.8 Å². The maximum Gasteiger partial charge on any atom is 0.269 e. The predicted molar refractivity (Wildman–Crippen MR) is 99.5 cm³/mol. The molecule has 0 aliphatic heterocycles. The second kappa shape index (κ2) is 8.05. The van der Waals surface area contributed by atoms with E-state index in [-0.39, 0.29) is 11.6 Å². The summed E-state index contributed by atoms with van der Waals surface area (Å²) in [5, 5.41) is 5.65. The monoisotopic (exact) mass is 341 g/mol. The van der Waals surface area contributed by atoms with Crippen LogP contribution in [0.5, 0.6) is 5.75 Å². The summed E-state index contributed by atoms with van der Waals surface area (Å²) in [5.41, 5.74) is 15.6. The smallest absolute Gasteiger partial charge is 0.269 e. The molecule has 0 saturated carbocycles. The van der Waals surface area contributed by atoms with E-state index in [4.69, 9.17) is 16.2 Å². The fraction of sp³-hybridized carbons (Fsp3) is 0.222. The maximum atomic E-state index is 12.1. The minimum Gasteiger partial charge on any atom is -0.496 e. The van der Waals surface area contributed by atoms with E-state index in [2.05, 4.69) is 15.6 Å². The lowest BCUT2D eigenvalue weighted by atomic mass is 9.98. The molecule has 0 unspecified atom stereocenters. The number of nitrogens with two attached hydrogens (primary N) is 2. The molecular weight excluding hydrogens is 318 g/mol. The number of ether oxygens (including phenoxy) is 1. The molecule has 0 bridgehead atoms. The number of hydrogen-bond donors (Lipinski definition) is 4. The van der Waals surface area contributed by atoms with Gasteiger partial charge in [0.15, 0.2) is 0 Å². The molecule has 7 nitrogen and oxygen atoms in total. The number of likely N-dealkylation sites (N-methyl/N-ethyl adjacent to an activating group) is 1. The summed E-state index contributed by atoms with van der Waals surface area (Å²) < 4.78 is 5.39. The van der Waals surface area contributed by atoms with Crippen molar-refractivity contribution in [1.29, 1.82) is 0 Å². The third-order valence-electron chi connectivity index (χ3n) is 3.77. The number of amides is 1. The van der Waals surface area contributed by atoms with Crippen LogP contribution < -0.4 is 26.8 Å². The highest BCUT2D eigenvalue weighted by atomic mass is 16.5. The molecule has 1 heterocycles. The number of methoxy groups -OCH3 is 1. The van der Waals surface area contributed by atoms with Crippen LogP contribution in [0, 0.1) is 0 Å². The van der Waals surface area contributed by atoms with Gasteiger partial charge in [-0.2, -0.15) is 0 Å².